The topological polar surface area (TPSA) is 127 Å². The Bertz CT molecular complexity index is 689. The van der Waals surface area contributed by atoms with Gasteiger partial charge in [0, 0.05) is 10.5 Å². The first-order valence-corrected chi connectivity index (χ1v) is 8.51. The van der Waals surface area contributed by atoms with E-state index in [1.807, 2.05) is 4.72 Å². The lowest BCUT2D eigenvalue weighted by atomic mass is 10.1. The summed E-state index contributed by atoms with van der Waals surface area (Å²) in [5.74, 6) is -1.41. The molecule has 0 aliphatic carbocycles. The van der Waals surface area contributed by atoms with Crippen molar-refractivity contribution in [3.8, 4) is 0 Å². The van der Waals surface area contributed by atoms with Gasteiger partial charge in [-0.15, -0.1) is 0 Å². The number of carboxylic acids is 1. The van der Waals surface area contributed by atoms with Crippen molar-refractivity contribution in [2.75, 3.05) is 0 Å². The number of rotatable bonds is 7. The predicted molar refractivity (Wildman–Crippen MR) is 82.0 cm³/mol. The fourth-order valence-corrected chi connectivity index (χ4v) is 3.69. The molecule has 10 heteroatoms. The Kier molecular flexibility index (Phi) is 6.03. The third-order valence-corrected chi connectivity index (χ3v) is 4.70. The zero-order chi connectivity index (χ0) is 17.1. The predicted octanol–water partition coefficient (Wildman–Crippen LogP) is 2.13. The van der Waals surface area contributed by atoms with Crippen molar-refractivity contribution >= 4 is 37.6 Å². The number of carboxylic acid groups (broad SMARTS) is 1. The summed E-state index contributed by atoms with van der Waals surface area (Å²) in [6.07, 6.45) is 0.0658. The Morgan fingerprint density at radius 3 is 2.50 bits per heavy atom. The average Bonchev–Trinajstić information content (AvgIpc) is 2.36. The van der Waals surface area contributed by atoms with Crippen molar-refractivity contribution in [1.29, 1.82) is 0 Å². The zero-order valence-electron chi connectivity index (χ0n) is 11.8. The molecule has 1 aromatic rings. The van der Waals surface area contributed by atoms with Gasteiger partial charge in [-0.1, -0.05) is 29.8 Å². The van der Waals surface area contributed by atoms with Gasteiger partial charge in [0.1, 0.15) is 6.04 Å². The lowest BCUT2D eigenvalue weighted by molar-refractivity contribution is -0.387. The highest BCUT2D eigenvalue weighted by Gasteiger charge is 2.31. The van der Waals surface area contributed by atoms with Crippen molar-refractivity contribution in [1.82, 2.24) is 4.72 Å². The number of nitrogens with one attached hydrogen (secondary N) is 1. The number of aliphatic carboxylic acids is 1. The SMILES string of the molecule is CC(C)C[C@@H](NS(=O)(=O)c1cc(Br)ccc1[N+](=O)[O-])C(=O)O. The first kappa shape index (κ1) is 18.5. The molecule has 8 nitrogen and oxygen atoms in total. The van der Waals surface area contributed by atoms with E-state index in [4.69, 9.17) is 5.11 Å². The largest absolute Gasteiger partial charge is 0.480 e. The molecule has 0 aliphatic rings. The summed E-state index contributed by atoms with van der Waals surface area (Å²) in [6, 6.07) is 2.08. The highest BCUT2D eigenvalue weighted by atomic mass is 79.9. The summed E-state index contributed by atoms with van der Waals surface area (Å²) in [5, 5.41) is 20.1. The second kappa shape index (κ2) is 7.16. The number of nitro benzene ring substituents is 1. The molecule has 0 fully saturated rings. The van der Waals surface area contributed by atoms with Gasteiger partial charge in [-0.2, -0.15) is 4.72 Å². The average molecular weight is 395 g/mol. The normalized spacial score (nSPS) is 13.1. The second-order valence-electron chi connectivity index (χ2n) is 5.01. The second-order valence-corrected chi connectivity index (χ2v) is 7.61. The van der Waals surface area contributed by atoms with Gasteiger partial charge in [0.15, 0.2) is 4.90 Å². The fourth-order valence-electron chi connectivity index (χ4n) is 1.78. The van der Waals surface area contributed by atoms with Crippen molar-refractivity contribution < 1.29 is 23.2 Å². The van der Waals surface area contributed by atoms with Crippen LogP contribution in [0, 0.1) is 16.0 Å². The van der Waals surface area contributed by atoms with Crippen LogP contribution in [-0.4, -0.2) is 30.5 Å². The summed E-state index contributed by atoms with van der Waals surface area (Å²) < 4.78 is 27.0. The van der Waals surface area contributed by atoms with Crippen LogP contribution in [0.25, 0.3) is 0 Å². The summed E-state index contributed by atoms with van der Waals surface area (Å²) in [7, 11) is -4.35. The highest BCUT2D eigenvalue weighted by molar-refractivity contribution is 9.10. The smallest absolute Gasteiger partial charge is 0.321 e. The maximum absolute atomic E-state index is 12.3. The van der Waals surface area contributed by atoms with Crippen molar-refractivity contribution in [3.63, 3.8) is 0 Å². The Morgan fingerprint density at radius 1 is 1.45 bits per heavy atom. The Hall–Kier alpha value is -1.52. The van der Waals surface area contributed by atoms with E-state index in [2.05, 4.69) is 15.9 Å². The molecule has 1 atom stereocenters. The van der Waals surface area contributed by atoms with Gasteiger partial charge in [-0.05, 0) is 24.5 Å². The van der Waals surface area contributed by atoms with Crippen LogP contribution >= 0.6 is 15.9 Å². The molecule has 0 aromatic heterocycles. The van der Waals surface area contributed by atoms with Gasteiger partial charge >= 0.3 is 5.97 Å². The van der Waals surface area contributed by atoms with Crippen LogP contribution in [0.4, 0.5) is 5.69 Å². The number of sulfonamides is 1. The monoisotopic (exact) mass is 394 g/mol. The van der Waals surface area contributed by atoms with Gasteiger partial charge in [0.25, 0.3) is 5.69 Å². The van der Waals surface area contributed by atoms with Gasteiger partial charge in [-0.25, -0.2) is 8.42 Å². The minimum Gasteiger partial charge on any atom is -0.480 e. The van der Waals surface area contributed by atoms with Gasteiger partial charge < -0.3 is 5.11 Å². The molecule has 0 heterocycles. The standard InChI is InChI=1S/C12H15BrN2O6S/c1-7(2)5-9(12(16)17)14-22(20,21)11-6-8(13)3-4-10(11)15(18)19/h3-4,6-7,9,14H,5H2,1-2H3,(H,16,17)/t9-/m1/s1. The quantitative estimate of drug-likeness (QED) is 0.538. The van der Waals surface area contributed by atoms with E-state index in [9.17, 15) is 23.3 Å². The molecule has 0 unspecified atom stereocenters. The van der Waals surface area contributed by atoms with E-state index in [0.717, 1.165) is 12.1 Å². The molecule has 0 saturated carbocycles. The maximum atomic E-state index is 12.3. The van der Waals surface area contributed by atoms with Crippen LogP contribution in [0.2, 0.25) is 0 Å². The van der Waals surface area contributed by atoms with Crippen LogP contribution in [-0.2, 0) is 14.8 Å². The van der Waals surface area contributed by atoms with E-state index >= 15 is 0 Å². The zero-order valence-corrected chi connectivity index (χ0v) is 14.2. The van der Waals surface area contributed by atoms with Crippen molar-refractivity contribution in [2.24, 2.45) is 5.92 Å². The molecule has 0 radical (unpaired) electrons. The summed E-state index contributed by atoms with van der Waals surface area (Å²) in [5.41, 5.74) is -0.621. The molecule has 0 aliphatic heterocycles. The summed E-state index contributed by atoms with van der Waals surface area (Å²) >= 11 is 3.04. The van der Waals surface area contributed by atoms with Crippen LogP contribution in [0.5, 0.6) is 0 Å². The molecule has 1 aromatic carbocycles. The third kappa shape index (κ3) is 4.75. The van der Waals surface area contributed by atoms with Crippen LogP contribution < -0.4 is 4.72 Å². The van der Waals surface area contributed by atoms with Gasteiger partial charge in [0.2, 0.25) is 10.0 Å². The van der Waals surface area contributed by atoms with E-state index in [-0.39, 0.29) is 12.3 Å². The number of halogens is 1. The van der Waals surface area contributed by atoms with Gasteiger partial charge in [-0.3, -0.25) is 14.9 Å². The highest BCUT2D eigenvalue weighted by Crippen LogP contribution is 2.27. The third-order valence-electron chi connectivity index (χ3n) is 2.71. The molecular formula is C12H15BrN2O6S. The van der Waals surface area contributed by atoms with Crippen LogP contribution in [0.1, 0.15) is 20.3 Å². The van der Waals surface area contributed by atoms with E-state index in [0.29, 0.717) is 4.47 Å². The molecule has 0 spiro atoms. The minimum atomic E-state index is -4.35. The van der Waals surface area contributed by atoms with Crippen molar-refractivity contribution in [3.05, 3.63) is 32.8 Å². The lowest BCUT2D eigenvalue weighted by Gasteiger charge is -2.16. The van der Waals surface area contributed by atoms with E-state index in [1.54, 1.807) is 13.8 Å². The Labute approximate surface area is 135 Å². The number of hydrogen-bond acceptors (Lipinski definition) is 5. The fraction of sp³-hybridized carbons (Fsp3) is 0.417. The number of nitrogens with zero attached hydrogens (tertiary/aromatic N) is 1. The molecule has 0 amide bonds. The number of carbonyl (C=O) groups is 1. The molecule has 22 heavy (non-hydrogen) atoms. The number of hydrogen-bond donors (Lipinski definition) is 2. The van der Waals surface area contributed by atoms with E-state index < -0.39 is 37.5 Å². The summed E-state index contributed by atoms with van der Waals surface area (Å²) in [4.78, 5) is 20.7. The Balaban J connectivity index is 3.26. The van der Waals surface area contributed by atoms with Gasteiger partial charge in [0.05, 0.1) is 4.92 Å². The Morgan fingerprint density at radius 2 is 2.05 bits per heavy atom. The molecular weight excluding hydrogens is 380 g/mol. The van der Waals surface area contributed by atoms with Crippen LogP contribution in [0.3, 0.4) is 0 Å². The minimum absolute atomic E-state index is 0.0658. The lowest BCUT2D eigenvalue weighted by Crippen LogP contribution is -2.41. The molecule has 1 rings (SSSR count). The first-order chi connectivity index (χ1) is 10.0. The van der Waals surface area contributed by atoms with Crippen LogP contribution in [0.15, 0.2) is 27.6 Å². The first-order valence-electron chi connectivity index (χ1n) is 6.23. The van der Waals surface area contributed by atoms with Crippen molar-refractivity contribution in [2.45, 2.75) is 31.2 Å². The molecule has 122 valence electrons. The maximum Gasteiger partial charge on any atom is 0.321 e. The summed E-state index contributed by atoms with van der Waals surface area (Å²) in [6.45, 7) is 3.48. The number of benzene rings is 1. The molecule has 2 N–H and O–H groups in total. The molecule has 0 bridgehead atoms. The van der Waals surface area contributed by atoms with E-state index in [1.165, 1.54) is 6.07 Å². The molecule has 0 saturated heterocycles. The number of nitro groups is 1.